The van der Waals surface area contributed by atoms with Crippen molar-refractivity contribution in [2.45, 2.75) is 50.7 Å². The van der Waals surface area contributed by atoms with E-state index in [0.29, 0.717) is 11.7 Å². The van der Waals surface area contributed by atoms with Crippen LogP contribution in [0.4, 0.5) is 0 Å². The van der Waals surface area contributed by atoms with Gasteiger partial charge in [0, 0.05) is 26.0 Å². The van der Waals surface area contributed by atoms with Crippen molar-refractivity contribution in [1.29, 1.82) is 0 Å². The van der Waals surface area contributed by atoms with E-state index in [9.17, 15) is 9.90 Å². The minimum absolute atomic E-state index is 0.125. The molecule has 1 aromatic rings. The van der Waals surface area contributed by atoms with Crippen molar-refractivity contribution in [3.05, 3.63) is 18.2 Å². The van der Waals surface area contributed by atoms with Crippen molar-refractivity contribution in [2.24, 2.45) is 5.92 Å². The summed E-state index contributed by atoms with van der Waals surface area (Å²) in [4.78, 5) is 18.2. The summed E-state index contributed by atoms with van der Waals surface area (Å²) in [6.07, 6.45) is 9.57. The molecule has 1 aromatic heterocycles. The van der Waals surface area contributed by atoms with Crippen molar-refractivity contribution in [2.75, 3.05) is 13.6 Å². The lowest BCUT2D eigenvalue weighted by molar-refractivity contribution is -0.129. The average Bonchev–Trinajstić information content (AvgIpc) is 3.07. The number of imidazole rings is 1. The van der Waals surface area contributed by atoms with E-state index in [1.54, 1.807) is 11.1 Å². The van der Waals surface area contributed by atoms with Gasteiger partial charge in [0.05, 0.1) is 0 Å². The number of aliphatic hydroxyl groups is 1. The van der Waals surface area contributed by atoms with Crippen LogP contribution >= 0.6 is 0 Å². The van der Waals surface area contributed by atoms with E-state index in [4.69, 9.17) is 0 Å². The molecule has 0 aromatic carbocycles. The number of carbonyl (C=O) groups excluding carboxylic acids is 1. The number of likely N-dealkylation sites (tertiary alicyclic amines) is 1. The third-order valence-electron chi connectivity index (χ3n) is 4.79. The van der Waals surface area contributed by atoms with Gasteiger partial charge in [0.2, 0.25) is 5.91 Å². The smallest absolute Gasteiger partial charge is 0.245 e. The summed E-state index contributed by atoms with van der Waals surface area (Å²) in [5.74, 6) is 1.09. The van der Waals surface area contributed by atoms with E-state index >= 15 is 0 Å². The molecule has 2 unspecified atom stereocenters. The molecule has 1 N–H and O–H groups in total. The van der Waals surface area contributed by atoms with Gasteiger partial charge in [-0.25, -0.2) is 4.98 Å². The van der Waals surface area contributed by atoms with Crippen LogP contribution in [0.25, 0.3) is 0 Å². The highest BCUT2D eigenvalue weighted by molar-refractivity contribution is 5.82. The summed E-state index contributed by atoms with van der Waals surface area (Å²) in [7, 11) is 1.83. The van der Waals surface area contributed by atoms with Gasteiger partial charge in [0.25, 0.3) is 0 Å². The zero-order valence-electron chi connectivity index (χ0n) is 12.0. The summed E-state index contributed by atoms with van der Waals surface area (Å²) >= 11 is 0. The number of likely N-dealkylation sites (N-methyl/N-ethyl adjacent to an activating group) is 1. The SMILES string of the molecule is CN1CCC(n2ccnc2C(O)C2CCCCC2)C1=O. The van der Waals surface area contributed by atoms with Crippen LogP contribution in [0.2, 0.25) is 0 Å². The van der Waals surface area contributed by atoms with E-state index in [0.717, 1.165) is 25.8 Å². The van der Waals surface area contributed by atoms with Crippen molar-refractivity contribution in [3.63, 3.8) is 0 Å². The summed E-state index contributed by atoms with van der Waals surface area (Å²) in [5.41, 5.74) is 0. The lowest BCUT2D eigenvalue weighted by atomic mass is 9.85. The fourth-order valence-electron chi connectivity index (χ4n) is 3.54. The monoisotopic (exact) mass is 277 g/mol. The first-order valence-corrected chi connectivity index (χ1v) is 7.64. The Kier molecular flexibility index (Phi) is 3.78. The number of hydrogen-bond donors (Lipinski definition) is 1. The lowest BCUT2D eigenvalue weighted by Crippen LogP contribution is -2.27. The molecule has 0 spiro atoms. The Morgan fingerprint density at radius 1 is 1.30 bits per heavy atom. The minimum Gasteiger partial charge on any atom is -0.385 e. The summed E-state index contributed by atoms with van der Waals surface area (Å²) in [6, 6.07) is -0.184. The largest absolute Gasteiger partial charge is 0.385 e. The van der Waals surface area contributed by atoms with Gasteiger partial charge in [0.1, 0.15) is 18.0 Å². The van der Waals surface area contributed by atoms with Crippen molar-refractivity contribution >= 4 is 5.91 Å². The van der Waals surface area contributed by atoms with Crippen LogP contribution in [0.15, 0.2) is 12.4 Å². The quantitative estimate of drug-likeness (QED) is 0.918. The van der Waals surface area contributed by atoms with Crippen LogP contribution in [-0.2, 0) is 4.79 Å². The lowest BCUT2D eigenvalue weighted by Gasteiger charge is -2.27. The Balaban J connectivity index is 1.81. The number of nitrogens with zero attached hydrogens (tertiary/aromatic N) is 3. The van der Waals surface area contributed by atoms with Crippen molar-refractivity contribution in [3.8, 4) is 0 Å². The van der Waals surface area contributed by atoms with E-state index < -0.39 is 6.10 Å². The molecule has 2 atom stereocenters. The molecule has 0 bridgehead atoms. The van der Waals surface area contributed by atoms with Gasteiger partial charge < -0.3 is 14.6 Å². The maximum absolute atomic E-state index is 12.2. The molecule has 1 amide bonds. The fraction of sp³-hybridized carbons (Fsp3) is 0.733. The highest BCUT2D eigenvalue weighted by atomic mass is 16.3. The highest BCUT2D eigenvalue weighted by Crippen LogP contribution is 2.35. The number of carbonyl (C=O) groups is 1. The molecule has 1 aliphatic heterocycles. The van der Waals surface area contributed by atoms with E-state index in [1.807, 2.05) is 17.8 Å². The van der Waals surface area contributed by atoms with Crippen LogP contribution in [0.1, 0.15) is 56.5 Å². The van der Waals surface area contributed by atoms with Crippen LogP contribution in [0.3, 0.4) is 0 Å². The highest BCUT2D eigenvalue weighted by Gasteiger charge is 2.34. The molecule has 5 nitrogen and oxygen atoms in total. The predicted octanol–water partition coefficient (Wildman–Crippen LogP) is 1.90. The Morgan fingerprint density at radius 2 is 2.05 bits per heavy atom. The van der Waals surface area contributed by atoms with Crippen molar-refractivity contribution in [1.82, 2.24) is 14.5 Å². The van der Waals surface area contributed by atoms with E-state index in [-0.39, 0.29) is 11.9 Å². The fourth-order valence-corrected chi connectivity index (χ4v) is 3.54. The molecule has 20 heavy (non-hydrogen) atoms. The number of aliphatic hydroxyl groups excluding tert-OH is 1. The van der Waals surface area contributed by atoms with Gasteiger partial charge in [-0.1, -0.05) is 19.3 Å². The van der Waals surface area contributed by atoms with Gasteiger partial charge in [-0.2, -0.15) is 0 Å². The maximum Gasteiger partial charge on any atom is 0.245 e. The molecule has 0 radical (unpaired) electrons. The third-order valence-corrected chi connectivity index (χ3v) is 4.79. The second-order valence-electron chi connectivity index (χ2n) is 6.10. The van der Waals surface area contributed by atoms with Crippen molar-refractivity contribution < 1.29 is 9.90 Å². The summed E-state index contributed by atoms with van der Waals surface area (Å²) in [5, 5.41) is 10.6. The Morgan fingerprint density at radius 3 is 2.70 bits per heavy atom. The first-order valence-electron chi connectivity index (χ1n) is 7.64. The number of rotatable bonds is 3. The van der Waals surface area contributed by atoms with E-state index in [1.165, 1.54) is 19.3 Å². The van der Waals surface area contributed by atoms with E-state index in [2.05, 4.69) is 4.98 Å². The molecule has 1 saturated carbocycles. The molecule has 110 valence electrons. The normalized spacial score (nSPS) is 26.2. The number of aromatic nitrogens is 2. The van der Waals surface area contributed by atoms with Gasteiger partial charge in [0.15, 0.2) is 0 Å². The molecule has 2 aliphatic rings. The second kappa shape index (κ2) is 5.56. The standard InChI is InChI=1S/C15H23N3O2/c1-17-9-7-12(15(17)20)18-10-8-16-14(18)13(19)11-5-3-2-4-6-11/h8,10-13,19H,2-7,9H2,1H3. The van der Waals surface area contributed by atoms with Gasteiger partial charge in [-0.15, -0.1) is 0 Å². The van der Waals surface area contributed by atoms with Gasteiger partial charge >= 0.3 is 0 Å². The first kappa shape index (κ1) is 13.6. The third kappa shape index (κ3) is 2.35. The van der Waals surface area contributed by atoms with Crippen LogP contribution < -0.4 is 0 Å². The predicted molar refractivity (Wildman–Crippen MR) is 75.1 cm³/mol. The summed E-state index contributed by atoms with van der Waals surface area (Å²) < 4.78 is 1.89. The molecular formula is C15H23N3O2. The van der Waals surface area contributed by atoms with Gasteiger partial charge in [-0.3, -0.25) is 4.79 Å². The first-order chi connectivity index (χ1) is 9.68. The number of amides is 1. The summed E-state index contributed by atoms with van der Waals surface area (Å²) in [6.45, 7) is 0.778. The minimum atomic E-state index is -0.538. The topological polar surface area (TPSA) is 58.4 Å². The Labute approximate surface area is 119 Å². The zero-order chi connectivity index (χ0) is 14.1. The molecule has 1 aliphatic carbocycles. The number of hydrogen-bond acceptors (Lipinski definition) is 3. The molecule has 1 saturated heterocycles. The molecule has 3 rings (SSSR count). The average molecular weight is 277 g/mol. The van der Waals surface area contributed by atoms with Gasteiger partial charge in [-0.05, 0) is 25.2 Å². The Bertz CT molecular complexity index is 479. The molecule has 2 fully saturated rings. The molecular weight excluding hydrogens is 254 g/mol. The molecule has 5 heteroatoms. The Hall–Kier alpha value is -1.36. The van der Waals surface area contributed by atoms with Crippen LogP contribution in [-0.4, -0.2) is 39.1 Å². The van der Waals surface area contributed by atoms with Crippen LogP contribution in [0.5, 0.6) is 0 Å². The zero-order valence-corrected chi connectivity index (χ0v) is 12.0. The van der Waals surface area contributed by atoms with Crippen LogP contribution in [0, 0.1) is 5.92 Å². The maximum atomic E-state index is 12.2. The second-order valence-corrected chi connectivity index (χ2v) is 6.10. The molecule has 2 heterocycles.